The highest BCUT2D eigenvalue weighted by molar-refractivity contribution is 5.92. The summed E-state index contributed by atoms with van der Waals surface area (Å²) < 4.78 is 4.96. The number of aromatic nitrogens is 1. The molecular weight excluding hydrogens is 206 g/mol. The van der Waals surface area contributed by atoms with Gasteiger partial charge in [-0.2, -0.15) is 0 Å². The maximum absolute atomic E-state index is 11.6. The molecule has 90 valence electrons. The first kappa shape index (κ1) is 12.7. The molecule has 0 radical (unpaired) electrons. The molecule has 1 N–H and O–H groups in total. The number of aryl methyl sites for hydroxylation is 1. The van der Waals surface area contributed by atoms with Crippen molar-refractivity contribution in [2.45, 2.75) is 19.8 Å². The molecule has 5 nitrogen and oxygen atoms in total. The van der Waals surface area contributed by atoms with Gasteiger partial charge in [0.25, 0.3) is 5.91 Å². The van der Waals surface area contributed by atoms with Gasteiger partial charge in [-0.25, -0.2) is 0 Å². The second-order valence-electron chi connectivity index (χ2n) is 3.94. The predicted octanol–water partition coefficient (Wildman–Crippen LogP) is 0.918. The van der Waals surface area contributed by atoms with E-state index < -0.39 is 0 Å². The van der Waals surface area contributed by atoms with Gasteiger partial charge >= 0.3 is 0 Å². The summed E-state index contributed by atoms with van der Waals surface area (Å²) in [5.74, 6) is 0.570. The van der Waals surface area contributed by atoms with Crippen LogP contribution in [0.1, 0.15) is 29.6 Å². The van der Waals surface area contributed by atoms with Gasteiger partial charge in [-0.1, -0.05) is 12.1 Å². The zero-order chi connectivity index (χ0) is 12.0. The van der Waals surface area contributed by atoms with Crippen molar-refractivity contribution in [3.05, 3.63) is 17.5 Å². The second kappa shape index (κ2) is 6.27. The molecule has 0 aliphatic rings. The number of hydrogen-bond acceptors (Lipinski definition) is 4. The molecule has 0 saturated carbocycles. The molecule has 5 heteroatoms. The molecule has 0 atom stereocenters. The van der Waals surface area contributed by atoms with Gasteiger partial charge in [0.15, 0.2) is 5.69 Å². The third-order valence-electron chi connectivity index (χ3n) is 2.21. The minimum absolute atomic E-state index is 0.165. The first-order valence-electron chi connectivity index (χ1n) is 5.52. The molecule has 16 heavy (non-hydrogen) atoms. The lowest BCUT2D eigenvalue weighted by Crippen LogP contribution is -2.27. The second-order valence-corrected chi connectivity index (χ2v) is 3.94. The van der Waals surface area contributed by atoms with Crippen molar-refractivity contribution in [3.8, 4) is 0 Å². The van der Waals surface area contributed by atoms with Gasteiger partial charge in [-0.15, -0.1) is 0 Å². The molecule has 0 spiro atoms. The number of nitrogens with one attached hydrogen (secondary N) is 1. The number of nitrogens with zero attached hydrogens (tertiary/aromatic N) is 2. The monoisotopic (exact) mass is 225 g/mol. The standard InChI is InChI=1S/C11H19N3O2/c1-4-9-8-10(13-16-9)11(15)12-6-5-7-14(2)3/h8H,4-7H2,1-3H3,(H,12,15). The highest BCUT2D eigenvalue weighted by Gasteiger charge is 2.10. The van der Waals surface area contributed by atoms with E-state index >= 15 is 0 Å². The summed E-state index contributed by atoms with van der Waals surface area (Å²) >= 11 is 0. The summed E-state index contributed by atoms with van der Waals surface area (Å²) in [5, 5.41) is 6.51. The molecule has 0 aromatic carbocycles. The van der Waals surface area contributed by atoms with Crippen molar-refractivity contribution < 1.29 is 9.32 Å². The molecule has 0 bridgehead atoms. The topological polar surface area (TPSA) is 58.4 Å². The van der Waals surface area contributed by atoms with Crippen molar-refractivity contribution in [1.82, 2.24) is 15.4 Å². The summed E-state index contributed by atoms with van der Waals surface area (Å²) in [7, 11) is 4.01. The van der Waals surface area contributed by atoms with E-state index in [2.05, 4.69) is 15.4 Å². The van der Waals surface area contributed by atoms with E-state index in [0.29, 0.717) is 12.2 Å². The van der Waals surface area contributed by atoms with Crippen molar-refractivity contribution in [3.63, 3.8) is 0 Å². The Morgan fingerprint density at radius 3 is 2.88 bits per heavy atom. The minimum atomic E-state index is -0.165. The molecule has 1 heterocycles. The Bertz CT molecular complexity index is 334. The van der Waals surface area contributed by atoms with Gasteiger partial charge in [-0.05, 0) is 27.1 Å². The van der Waals surface area contributed by atoms with Crippen LogP contribution in [0.5, 0.6) is 0 Å². The number of carbonyl (C=O) groups excluding carboxylic acids is 1. The third kappa shape index (κ3) is 4.02. The molecule has 1 amide bonds. The van der Waals surface area contributed by atoms with Crippen molar-refractivity contribution in [1.29, 1.82) is 0 Å². The SMILES string of the molecule is CCc1cc(C(=O)NCCCN(C)C)no1. The largest absolute Gasteiger partial charge is 0.361 e. The first-order valence-corrected chi connectivity index (χ1v) is 5.52. The van der Waals surface area contributed by atoms with Crippen LogP contribution in [0.25, 0.3) is 0 Å². The third-order valence-corrected chi connectivity index (χ3v) is 2.21. The number of carbonyl (C=O) groups is 1. The Morgan fingerprint density at radius 1 is 1.56 bits per heavy atom. The molecule has 0 aliphatic carbocycles. The van der Waals surface area contributed by atoms with Crippen molar-refractivity contribution >= 4 is 5.91 Å². The van der Waals surface area contributed by atoms with Crippen LogP contribution in [0, 0.1) is 0 Å². The Morgan fingerprint density at radius 2 is 2.31 bits per heavy atom. The Hall–Kier alpha value is -1.36. The zero-order valence-corrected chi connectivity index (χ0v) is 10.1. The number of rotatable bonds is 6. The fraction of sp³-hybridized carbons (Fsp3) is 0.636. The van der Waals surface area contributed by atoms with E-state index in [0.717, 1.165) is 25.1 Å². The minimum Gasteiger partial charge on any atom is -0.361 e. The first-order chi connectivity index (χ1) is 7.63. The van der Waals surface area contributed by atoms with Crippen LogP contribution in [0.15, 0.2) is 10.6 Å². The molecule has 1 aromatic rings. The van der Waals surface area contributed by atoms with Gasteiger partial charge in [0.2, 0.25) is 0 Å². The Balaban J connectivity index is 2.29. The summed E-state index contributed by atoms with van der Waals surface area (Å²) in [4.78, 5) is 13.7. The quantitative estimate of drug-likeness (QED) is 0.731. The van der Waals surface area contributed by atoms with Gasteiger partial charge < -0.3 is 14.7 Å². The molecule has 0 saturated heterocycles. The summed E-state index contributed by atoms with van der Waals surface area (Å²) in [6.07, 6.45) is 1.68. The van der Waals surface area contributed by atoms with E-state index in [1.165, 1.54) is 0 Å². The molecule has 1 rings (SSSR count). The Kier molecular flexibility index (Phi) is 4.98. The normalized spacial score (nSPS) is 10.8. The lowest BCUT2D eigenvalue weighted by molar-refractivity contribution is 0.0943. The molecule has 0 unspecified atom stereocenters. The predicted molar refractivity (Wildman–Crippen MR) is 61.4 cm³/mol. The van der Waals surface area contributed by atoms with E-state index in [4.69, 9.17) is 4.52 Å². The van der Waals surface area contributed by atoms with E-state index in [1.54, 1.807) is 6.07 Å². The lowest BCUT2D eigenvalue weighted by atomic mass is 10.3. The Labute approximate surface area is 95.8 Å². The van der Waals surface area contributed by atoms with Gasteiger partial charge in [0.05, 0.1) is 0 Å². The zero-order valence-electron chi connectivity index (χ0n) is 10.1. The summed E-state index contributed by atoms with van der Waals surface area (Å²) in [6, 6.07) is 1.68. The number of amides is 1. The molecular formula is C11H19N3O2. The van der Waals surface area contributed by atoms with Gasteiger partial charge in [0, 0.05) is 19.0 Å². The van der Waals surface area contributed by atoms with Gasteiger partial charge in [0.1, 0.15) is 5.76 Å². The van der Waals surface area contributed by atoms with Crippen LogP contribution in [0.3, 0.4) is 0 Å². The van der Waals surface area contributed by atoms with Crippen LogP contribution < -0.4 is 5.32 Å². The van der Waals surface area contributed by atoms with Crippen LogP contribution in [-0.4, -0.2) is 43.1 Å². The number of hydrogen-bond donors (Lipinski definition) is 1. The van der Waals surface area contributed by atoms with Crippen molar-refractivity contribution in [2.75, 3.05) is 27.2 Å². The van der Waals surface area contributed by atoms with Crippen LogP contribution in [0.2, 0.25) is 0 Å². The van der Waals surface area contributed by atoms with Gasteiger partial charge in [-0.3, -0.25) is 4.79 Å². The van der Waals surface area contributed by atoms with Crippen LogP contribution >= 0.6 is 0 Å². The smallest absolute Gasteiger partial charge is 0.273 e. The fourth-order valence-corrected chi connectivity index (χ4v) is 1.27. The average Bonchev–Trinajstić information content (AvgIpc) is 2.72. The van der Waals surface area contributed by atoms with Crippen LogP contribution in [-0.2, 0) is 6.42 Å². The average molecular weight is 225 g/mol. The fourth-order valence-electron chi connectivity index (χ4n) is 1.27. The summed E-state index contributed by atoms with van der Waals surface area (Å²) in [6.45, 7) is 3.57. The van der Waals surface area contributed by atoms with E-state index in [1.807, 2.05) is 21.0 Å². The van der Waals surface area contributed by atoms with Crippen LogP contribution in [0.4, 0.5) is 0 Å². The maximum atomic E-state index is 11.6. The van der Waals surface area contributed by atoms with E-state index in [9.17, 15) is 4.79 Å². The highest BCUT2D eigenvalue weighted by atomic mass is 16.5. The molecule has 1 aromatic heterocycles. The van der Waals surface area contributed by atoms with Crippen molar-refractivity contribution in [2.24, 2.45) is 0 Å². The molecule has 0 aliphatic heterocycles. The lowest BCUT2D eigenvalue weighted by Gasteiger charge is -2.08. The van der Waals surface area contributed by atoms with E-state index in [-0.39, 0.29) is 5.91 Å². The maximum Gasteiger partial charge on any atom is 0.273 e. The highest BCUT2D eigenvalue weighted by Crippen LogP contribution is 2.03. The molecule has 0 fully saturated rings. The summed E-state index contributed by atoms with van der Waals surface area (Å²) in [5.41, 5.74) is 0.363.